The first kappa shape index (κ1) is 19.4. The van der Waals surface area contributed by atoms with E-state index in [4.69, 9.17) is 18.9 Å². The molecule has 0 aliphatic heterocycles. The minimum atomic E-state index is -0.699. The highest BCUT2D eigenvalue weighted by Gasteiger charge is 2.30. The average Bonchev–Trinajstić information content (AvgIpc) is 3.38. The summed E-state index contributed by atoms with van der Waals surface area (Å²) in [7, 11) is 5.50. The van der Waals surface area contributed by atoms with Gasteiger partial charge in [-0.2, -0.15) is 0 Å². The lowest BCUT2D eigenvalue weighted by molar-refractivity contribution is 0.0553. The second-order valence-corrected chi connectivity index (χ2v) is 6.53. The van der Waals surface area contributed by atoms with Crippen LogP contribution in [0.3, 0.4) is 0 Å². The summed E-state index contributed by atoms with van der Waals surface area (Å²) in [5, 5.41) is 1.41. The number of nitrogens with one attached hydrogen (secondary N) is 2. The Hall–Kier alpha value is -3.94. The Labute approximate surface area is 171 Å². The van der Waals surface area contributed by atoms with Gasteiger partial charge in [-0.25, -0.2) is 9.59 Å². The molecule has 8 nitrogen and oxygen atoms in total. The molecule has 0 aliphatic rings. The number of aromatic nitrogens is 2. The molecule has 8 heteroatoms. The Morgan fingerprint density at radius 2 is 1.53 bits per heavy atom. The van der Waals surface area contributed by atoms with Gasteiger partial charge in [0.1, 0.15) is 22.8 Å². The molecule has 2 N–H and O–H groups in total. The van der Waals surface area contributed by atoms with E-state index in [9.17, 15) is 9.59 Å². The summed E-state index contributed by atoms with van der Waals surface area (Å²) >= 11 is 0. The molecule has 0 amide bonds. The Bertz CT molecular complexity index is 1250. The third-order valence-corrected chi connectivity index (χ3v) is 5.02. The number of hydrogen-bond acceptors (Lipinski definition) is 6. The number of ether oxygens (including phenoxy) is 4. The van der Waals surface area contributed by atoms with E-state index < -0.39 is 11.9 Å². The van der Waals surface area contributed by atoms with Crippen molar-refractivity contribution in [3.05, 3.63) is 47.7 Å². The topological polar surface area (TPSA) is 103 Å². The van der Waals surface area contributed by atoms with E-state index in [0.717, 1.165) is 16.6 Å². The second kappa shape index (κ2) is 7.47. The van der Waals surface area contributed by atoms with Gasteiger partial charge in [-0.15, -0.1) is 0 Å². The number of esters is 2. The molecule has 0 bridgehead atoms. The average molecular weight is 408 g/mol. The van der Waals surface area contributed by atoms with E-state index in [-0.39, 0.29) is 11.3 Å². The van der Waals surface area contributed by atoms with E-state index in [2.05, 4.69) is 9.97 Å². The largest absolute Gasteiger partial charge is 0.496 e. The molecule has 0 saturated carbocycles. The van der Waals surface area contributed by atoms with Crippen molar-refractivity contribution in [2.45, 2.75) is 0 Å². The number of carbonyl (C=O) groups is 2. The van der Waals surface area contributed by atoms with E-state index in [0.29, 0.717) is 28.0 Å². The number of methoxy groups -OCH3 is 4. The van der Waals surface area contributed by atoms with Crippen LogP contribution >= 0.6 is 0 Å². The highest BCUT2D eigenvalue weighted by molar-refractivity contribution is 6.17. The summed E-state index contributed by atoms with van der Waals surface area (Å²) in [6, 6.07) is 11.5. The zero-order valence-electron chi connectivity index (χ0n) is 16.9. The molecular formula is C22H20N2O6. The molecule has 0 aliphatic carbocycles. The van der Waals surface area contributed by atoms with Crippen LogP contribution in [0.1, 0.15) is 20.8 Å². The van der Waals surface area contributed by atoms with Crippen LogP contribution in [0.4, 0.5) is 0 Å². The van der Waals surface area contributed by atoms with Crippen LogP contribution in [0.25, 0.3) is 33.1 Å². The van der Waals surface area contributed by atoms with Crippen LogP contribution < -0.4 is 9.47 Å². The molecule has 0 radical (unpaired) electrons. The Kier molecular flexibility index (Phi) is 4.83. The highest BCUT2D eigenvalue weighted by atomic mass is 16.5. The quantitative estimate of drug-likeness (QED) is 0.486. The molecule has 0 fully saturated rings. The summed E-state index contributed by atoms with van der Waals surface area (Å²) in [5.74, 6) is -0.531. The van der Waals surface area contributed by atoms with Crippen molar-refractivity contribution in [1.82, 2.24) is 9.97 Å². The van der Waals surface area contributed by atoms with Gasteiger partial charge in [0.05, 0.1) is 50.6 Å². The number of fused-ring (bicyclic) bond motifs is 2. The molecule has 0 atom stereocenters. The number of aromatic amines is 2. The SMILES string of the molecule is COC(=O)c1[nH]c2c(-c3cc4ccccc4[nH]3)c(OC)cc(OC)c2c1C(=O)OC. The van der Waals surface area contributed by atoms with Crippen molar-refractivity contribution in [2.75, 3.05) is 28.4 Å². The molecular weight excluding hydrogens is 388 g/mol. The van der Waals surface area contributed by atoms with Gasteiger partial charge >= 0.3 is 11.9 Å². The first-order chi connectivity index (χ1) is 14.5. The fourth-order valence-electron chi connectivity index (χ4n) is 3.68. The van der Waals surface area contributed by atoms with Crippen LogP contribution in [0, 0.1) is 0 Å². The van der Waals surface area contributed by atoms with Gasteiger partial charge in [0.15, 0.2) is 0 Å². The molecule has 0 unspecified atom stereocenters. The van der Waals surface area contributed by atoms with Crippen LogP contribution in [0.5, 0.6) is 11.5 Å². The maximum atomic E-state index is 12.6. The molecule has 4 aromatic rings. The van der Waals surface area contributed by atoms with Crippen molar-refractivity contribution in [2.24, 2.45) is 0 Å². The number of rotatable bonds is 5. The van der Waals surface area contributed by atoms with Gasteiger partial charge in [-0.3, -0.25) is 0 Å². The van der Waals surface area contributed by atoms with Crippen LogP contribution in [0.2, 0.25) is 0 Å². The van der Waals surface area contributed by atoms with Crippen molar-refractivity contribution in [1.29, 1.82) is 0 Å². The summed E-state index contributed by atoms with van der Waals surface area (Å²) in [6.45, 7) is 0. The Balaban J connectivity index is 2.15. The fraction of sp³-hybridized carbons (Fsp3) is 0.182. The smallest absolute Gasteiger partial charge is 0.355 e. The first-order valence-electron chi connectivity index (χ1n) is 9.09. The van der Waals surface area contributed by atoms with Crippen molar-refractivity contribution < 1.29 is 28.5 Å². The minimum Gasteiger partial charge on any atom is -0.496 e. The lowest BCUT2D eigenvalue weighted by Crippen LogP contribution is -2.10. The molecule has 4 rings (SSSR count). The third-order valence-electron chi connectivity index (χ3n) is 5.02. The third kappa shape index (κ3) is 2.85. The van der Waals surface area contributed by atoms with E-state index in [1.165, 1.54) is 28.4 Å². The van der Waals surface area contributed by atoms with E-state index in [1.807, 2.05) is 30.3 Å². The number of para-hydroxylation sites is 1. The van der Waals surface area contributed by atoms with Gasteiger partial charge in [0.2, 0.25) is 0 Å². The normalized spacial score (nSPS) is 10.9. The lowest BCUT2D eigenvalue weighted by Gasteiger charge is -2.12. The first-order valence-corrected chi connectivity index (χ1v) is 9.09. The predicted molar refractivity (Wildman–Crippen MR) is 111 cm³/mol. The molecule has 2 aromatic carbocycles. The summed E-state index contributed by atoms with van der Waals surface area (Å²) in [5.41, 5.74) is 2.82. The molecule has 2 aromatic heterocycles. The summed E-state index contributed by atoms with van der Waals surface area (Å²) < 4.78 is 20.9. The molecule has 0 saturated heterocycles. The van der Waals surface area contributed by atoms with Gasteiger partial charge < -0.3 is 28.9 Å². The highest BCUT2D eigenvalue weighted by Crippen LogP contribution is 2.44. The van der Waals surface area contributed by atoms with Crippen molar-refractivity contribution >= 4 is 33.7 Å². The van der Waals surface area contributed by atoms with Gasteiger partial charge in [-0.05, 0) is 12.1 Å². The standard InChI is InChI=1S/C22H20N2O6/c1-27-14-10-15(28-2)17-18(21(25)29-3)20(22(26)30-4)24-19(17)16(14)13-9-11-7-5-6-8-12(11)23-13/h5-10,23-24H,1-4H3. The molecule has 0 spiro atoms. The fourth-order valence-corrected chi connectivity index (χ4v) is 3.68. The van der Waals surface area contributed by atoms with Gasteiger partial charge in [0, 0.05) is 17.0 Å². The molecule has 2 heterocycles. The second-order valence-electron chi connectivity index (χ2n) is 6.53. The maximum Gasteiger partial charge on any atom is 0.355 e. The zero-order valence-corrected chi connectivity index (χ0v) is 16.9. The summed E-state index contributed by atoms with van der Waals surface area (Å²) in [4.78, 5) is 31.4. The van der Waals surface area contributed by atoms with Gasteiger partial charge in [-0.1, -0.05) is 18.2 Å². The Morgan fingerprint density at radius 1 is 0.833 bits per heavy atom. The Morgan fingerprint density at radius 3 is 2.17 bits per heavy atom. The minimum absolute atomic E-state index is 0.0248. The number of hydrogen-bond donors (Lipinski definition) is 2. The maximum absolute atomic E-state index is 12.6. The molecule has 30 heavy (non-hydrogen) atoms. The van der Waals surface area contributed by atoms with Gasteiger partial charge in [0.25, 0.3) is 0 Å². The van der Waals surface area contributed by atoms with Crippen LogP contribution in [-0.2, 0) is 9.47 Å². The molecule has 154 valence electrons. The van der Waals surface area contributed by atoms with E-state index in [1.54, 1.807) is 6.07 Å². The summed E-state index contributed by atoms with van der Waals surface area (Å²) in [6.07, 6.45) is 0. The number of carbonyl (C=O) groups excluding carboxylic acids is 2. The number of H-pyrrole nitrogens is 2. The lowest BCUT2D eigenvalue weighted by atomic mass is 10.0. The van der Waals surface area contributed by atoms with E-state index >= 15 is 0 Å². The van der Waals surface area contributed by atoms with Crippen molar-refractivity contribution in [3.8, 4) is 22.8 Å². The monoisotopic (exact) mass is 408 g/mol. The predicted octanol–water partition coefficient (Wildman–Crippen LogP) is 3.91. The van der Waals surface area contributed by atoms with Crippen LogP contribution in [0.15, 0.2) is 36.4 Å². The van der Waals surface area contributed by atoms with Crippen molar-refractivity contribution in [3.63, 3.8) is 0 Å². The number of benzene rings is 2. The zero-order chi connectivity index (χ0) is 21.4. The van der Waals surface area contributed by atoms with Crippen LogP contribution in [-0.4, -0.2) is 50.3 Å².